The van der Waals surface area contributed by atoms with Crippen LogP contribution in [0.4, 0.5) is 5.82 Å². The van der Waals surface area contributed by atoms with Crippen LogP contribution in [0.1, 0.15) is 18.4 Å². The van der Waals surface area contributed by atoms with Crippen LogP contribution in [-0.4, -0.2) is 65.2 Å². The van der Waals surface area contributed by atoms with Gasteiger partial charge in [-0.1, -0.05) is 41.9 Å². The normalized spacial score (nSPS) is 19.0. The fraction of sp³-hybridized carbons (Fsp3) is 0.476. The molecule has 2 saturated heterocycles. The second-order valence-electron chi connectivity index (χ2n) is 7.56. The largest absolute Gasteiger partial charge is 0.355 e. The molecule has 1 aromatic heterocycles. The Hall–Kier alpha value is -2.18. The topological polar surface area (TPSA) is 52.6 Å². The van der Waals surface area contributed by atoms with Gasteiger partial charge in [0, 0.05) is 51.7 Å². The van der Waals surface area contributed by atoms with Crippen LogP contribution < -0.4 is 4.90 Å². The smallest absolute Gasteiger partial charge is 0.225 e. The molecular formula is C21H26ClN5O. The van der Waals surface area contributed by atoms with Crippen molar-refractivity contribution < 1.29 is 4.79 Å². The first-order valence-corrected chi connectivity index (χ1v) is 10.4. The van der Waals surface area contributed by atoms with Crippen LogP contribution in [0.15, 0.2) is 42.5 Å². The molecule has 2 aliphatic heterocycles. The highest BCUT2D eigenvalue weighted by molar-refractivity contribution is 6.29. The summed E-state index contributed by atoms with van der Waals surface area (Å²) in [6.07, 6.45) is 1.74. The highest BCUT2D eigenvalue weighted by Gasteiger charge is 2.30. The maximum Gasteiger partial charge on any atom is 0.225 e. The Morgan fingerprint density at radius 2 is 1.64 bits per heavy atom. The number of amides is 1. The average Bonchev–Trinajstić information content (AvgIpc) is 2.75. The van der Waals surface area contributed by atoms with E-state index in [2.05, 4.69) is 49.2 Å². The van der Waals surface area contributed by atoms with Gasteiger partial charge in [-0.3, -0.25) is 9.69 Å². The van der Waals surface area contributed by atoms with Crippen molar-refractivity contribution in [2.24, 2.45) is 5.92 Å². The molecular weight excluding hydrogens is 374 g/mol. The van der Waals surface area contributed by atoms with Crippen LogP contribution in [0, 0.1) is 5.92 Å². The quantitative estimate of drug-likeness (QED) is 0.791. The number of aromatic nitrogens is 2. The first kappa shape index (κ1) is 19.2. The van der Waals surface area contributed by atoms with Crippen molar-refractivity contribution in [1.29, 1.82) is 0 Å². The monoisotopic (exact) mass is 399 g/mol. The lowest BCUT2D eigenvalue weighted by atomic mass is 9.95. The Kier molecular flexibility index (Phi) is 6.07. The predicted octanol–water partition coefficient (Wildman–Crippen LogP) is 2.69. The summed E-state index contributed by atoms with van der Waals surface area (Å²) in [7, 11) is 0. The number of halogens is 1. The fourth-order valence-electron chi connectivity index (χ4n) is 4.06. The predicted molar refractivity (Wildman–Crippen MR) is 110 cm³/mol. The average molecular weight is 400 g/mol. The Morgan fingerprint density at radius 3 is 2.29 bits per heavy atom. The molecule has 2 aromatic rings. The number of nitrogens with zero attached hydrogens (tertiary/aromatic N) is 5. The summed E-state index contributed by atoms with van der Waals surface area (Å²) in [6, 6.07) is 14.2. The van der Waals surface area contributed by atoms with Crippen LogP contribution in [0.2, 0.25) is 5.15 Å². The van der Waals surface area contributed by atoms with Gasteiger partial charge in [-0.25, -0.2) is 0 Å². The molecule has 0 atom stereocenters. The van der Waals surface area contributed by atoms with Gasteiger partial charge in [0.15, 0.2) is 11.0 Å². The summed E-state index contributed by atoms with van der Waals surface area (Å²) < 4.78 is 0. The summed E-state index contributed by atoms with van der Waals surface area (Å²) in [6.45, 7) is 6.17. The van der Waals surface area contributed by atoms with E-state index >= 15 is 0 Å². The molecule has 28 heavy (non-hydrogen) atoms. The number of carbonyl (C=O) groups excluding carboxylic acids is 1. The van der Waals surface area contributed by atoms with E-state index in [4.69, 9.17) is 11.6 Å². The SMILES string of the molecule is O=C(C1CCN(c2ccc(Cl)nn2)CC1)N1CCN(Cc2ccccc2)CC1. The maximum atomic E-state index is 12.9. The third-order valence-corrected chi connectivity index (χ3v) is 5.92. The van der Waals surface area contributed by atoms with Gasteiger partial charge < -0.3 is 9.80 Å². The van der Waals surface area contributed by atoms with E-state index < -0.39 is 0 Å². The molecule has 0 unspecified atom stereocenters. The summed E-state index contributed by atoms with van der Waals surface area (Å²) >= 11 is 5.81. The van der Waals surface area contributed by atoms with Gasteiger partial charge in [0.2, 0.25) is 5.91 Å². The van der Waals surface area contributed by atoms with Crippen molar-refractivity contribution in [3.8, 4) is 0 Å². The number of carbonyl (C=O) groups is 1. The van der Waals surface area contributed by atoms with Crippen LogP contribution in [0.3, 0.4) is 0 Å². The van der Waals surface area contributed by atoms with Gasteiger partial charge in [0.05, 0.1) is 0 Å². The number of piperidine rings is 1. The van der Waals surface area contributed by atoms with Crippen molar-refractivity contribution in [2.45, 2.75) is 19.4 Å². The van der Waals surface area contributed by atoms with Crippen molar-refractivity contribution in [3.63, 3.8) is 0 Å². The third-order valence-electron chi connectivity index (χ3n) is 5.72. The molecule has 7 heteroatoms. The van der Waals surface area contributed by atoms with E-state index in [1.165, 1.54) is 5.56 Å². The van der Waals surface area contributed by atoms with Crippen molar-refractivity contribution >= 4 is 23.3 Å². The molecule has 0 spiro atoms. The lowest BCUT2D eigenvalue weighted by Crippen LogP contribution is -2.51. The summed E-state index contributed by atoms with van der Waals surface area (Å²) in [5.74, 6) is 1.28. The first-order valence-electron chi connectivity index (χ1n) is 9.98. The van der Waals surface area contributed by atoms with Crippen molar-refractivity contribution in [1.82, 2.24) is 20.0 Å². The van der Waals surface area contributed by atoms with Gasteiger partial charge in [0.25, 0.3) is 0 Å². The minimum absolute atomic E-state index is 0.122. The lowest BCUT2D eigenvalue weighted by molar-refractivity contribution is -0.138. The molecule has 148 valence electrons. The van der Waals surface area contributed by atoms with Crippen LogP contribution in [0.25, 0.3) is 0 Å². The number of benzene rings is 1. The Balaban J connectivity index is 1.24. The summed E-state index contributed by atoms with van der Waals surface area (Å²) in [4.78, 5) is 19.6. The van der Waals surface area contributed by atoms with E-state index in [1.807, 2.05) is 12.1 Å². The number of rotatable bonds is 4. The number of hydrogen-bond acceptors (Lipinski definition) is 5. The van der Waals surface area contributed by atoms with E-state index in [9.17, 15) is 4.79 Å². The molecule has 0 bridgehead atoms. The Bertz CT molecular complexity index is 769. The highest BCUT2D eigenvalue weighted by Crippen LogP contribution is 2.24. The zero-order valence-corrected chi connectivity index (χ0v) is 16.8. The van der Waals surface area contributed by atoms with Gasteiger partial charge >= 0.3 is 0 Å². The first-order chi connectivity index (χ1) is 13.7. The fourth-order valence-corrected chi connectivity index (χ4v) is 4.16. The van der Waals surface area contributed by atoms with Crippen LogP contribution >= 0.6 is 11.6 Å². The second-order valence-corrected chi connectivity index (χ2v) is 7.95. The van der Waals surface area contributed by atoms with Crippen LogP contribution in [-0.2, 0) is 11.3 Å². The van der Waals surface area contributed by atoms with E-state index in [-0.39, 0.29) is 5.92 Å². The van der Waals surface area contributed by atoms with Gasteiger partial charge in [-0.05, 0) is 30.5 Å². The number of anilines is 1. The summed E-state index contributed by atoms with van der Waals surface area (Å²) in [5.41, 5.74) is 1.33. The molecule has 1 aromatic carbocycles. The highest BCUT2D eigenvalue weighted by atomic mass is 35.5. The maximum absolute atomic E-state index is 12.9. The molecule has 6 nitrogen and oxygen atoms in total. The Morgan fingerprint density at radius 1 is 0.929 bits per heavy atom. The number of hydrogen-bond donors (Lipinski definition) is 0. The second kappa shape index (κ2) is 8.88. The number of piperazine rings is 1. The lowest BCUT2D eigenvalue weighted by Gasteiger charge is -2.38. The van der Waals surface area contributed by atoms with Crippen LogP contribution in [0.5, 0.6) is 0 Å². The van der Waals surface area contributed by atoms with E-state index in [0.717, 1.165) is 64.5 Å². The molecule has 0 N–H and O–H groups in total. The van der Waals surface area contributed by atoms with Gasteiger partial charge in [-0.2, -0.15) is 0 Å². The molecule has 0 saturated carbocycles. The molecule has 4 rings (SSSR count). The molecule has 0 radical (unpaired) electrons. The molecule has 1 amide bonds. The van der Waals surface area contributed by atoms with Gasteiger partial charge in [-0.15, -0.1) is 10.2 Å². The summed E-state index contributed by atoms with van der Waals surface area (Å²) in [5, 5.41) is 8.46. The molecule has 0 aliphatic carbocycles. The van der Waals surface area contributed by atoms with E-state index in [0.29, 0.717) is 11.1 Å². The zero-order chi connectivity index (χ0) is 19.3. The standard InChI is InChI=1S/C21H26ClN5O/c22-19-6-7-20(24-23-19)26-10-8-18(9-11-26)21(28)27-14-12-25(13-15-27)16-17-4-2-1-3-5-17/h1-7,18H,8-16H2. The minimum Gasteiger partial charge on any atom is -0.355 e. The molecule has 2 aliphatic rings. The van der Waals surface area contributed by atoms with Crippen molar-refractivity contribution in [3.05, 3.63) is 53.2 Å². The van der Waals surface area contributed by atoms with E-state index in [1.54, 1.807) is 6.07 Å². The zero-order valence-electron chi connectivity index (χ0n) is 16.0. The van der Waals surface area contributed by atoms with Crippen molar-refractivity contribution in [2.75, 3.05) is 44.2 Å². The Labute approximate surface area is 171 Å². The molecule has 2 fully saturated rings. The third kappa shape index (κ3) is 4.62. The van der Waals surface area contributed by atoms with Gasteiger partial charge in [0.1, 0.15) is 0 Å². The minimum atomic E-state index is 0.122. The molecule has 3 heterocycles.